The molecule has 0 aliphatic carbocycles. The van der Waals surface area contributed by atoms with Gasteiger partial charge in [-0.25, -0.2) is 0 Å². The Morgan fingerprint density at radius 1 is 1.44 bits per heavy atom. The molecule has 0 aromatic heterocycles. The Labute approximate surface area is 107 Å². The standard InChI is InChI=1S/C14H19NO3/c1-11-10-15(7-8-18-11)14(16)9-12-3-5-13(17-2)6-4-12/h3-6,11H,7-10H2,1-2H3/t11-/m0/s1. The Morgan fingerprint density at radius 3 is 2.78 bits per heavy atom. The number of hydrogen-bond acceptors (Lipinski definition) is 3. The van der Waals surface area contributed by atoms with E-state index in [2.05, 4.69) is 0 Å². The maximum atomic E-state index is 12.1. The minimum absolute atomic E-state index is 0.138. The fourth-order valence-electron chi connectivity index (χ4n) is 2.07. The summed E-state index contributed by atoms with van der Waals surface area (Å²) in [6.07, 6.45) is 0.579. The maximum Gasteiger partial charge on any atom is 0.227 e. The summed E-state index contributed by atoms with van der Waals surface area (Å²) in [5, 5.41) is 0. The molecule has 1 atom stereocenters. The average molecular weight is 249 g/mol. The minimum Gasteiger partial charge on any atom is -0.497 e. The second-order valence-corrected chi connectivity index (χ2v) is 4.55. The zero-order chi connectivity index (χ0) is 13.0. The van der Waals surface area contributed by atoms with Crippen LogP contribution in [0.15, 0.2) is 24.3 Å². The van der Waals surface area contributed by atoms with Gasteiger partial charge in [-0.1, -0.05) is 12.1 Å². The molecule has 4 heteroatoms. The van der Waals surface area contributed by atoms with Crippen LogP contribution < -0.4 is 4.74 Å². The molecular weight excluding hydrogens is 230 g/mol. The van der Waals surface area contributed by atoms with Crippen LogP contribution in [-0.4, -0.2) is 43.7 Å². The Balaban J connectivity index is 1.93. The Bertz CT molecular complexity index is 402. The molecule has 18 heavy (non-hydrogen) atoms. The molecule has 0 saturated carbocycles. The number of morpholine rings is 1. The van der Waals surface area contributed by atoms with Crippen LogP contribution in [0.3, 0.4) is 0 Å². The van der Waals surface area contributed by atoms with Crippen LogP contribution in [0.5, 0.6) is 5.75 Å². The van der Waals surface area contributed by atoms with E-state index < -0.39 is 0 Å². The smallest absolute Gasteiger partial charge is 0.227 e. The predicted octanol–water partition coefficient (Wildman–Crippen LogP) is 1.49. The van der Waals surface area contributed by atoms with Crippen LogP contribution in [-0.2, 0) is 16.0 Å². The molecule has 1 saturated heterocycles. The topological polar surface area (TPSA) is 38.8 Å². The zero-order valence-corrected chi connectivity index (χ0v) is 10.9. The van der Waals surface area contributed by atoms with Gasteiger partial charge in [-0.05, 0) is 24.6 Å². The number of hydrogen-bond donors (Lipinski definition) is 0. The molecule has 1 amide bonds. The lowest BCUT2D eigenvalue weighted by molar-refractivity contribution is -0.137. The Morgan fingerprint density at radius 2 is 2.17 bits per heavy atom. The van der Waals surface area contributed by atoms with E-state index >= 15 is 0 Å². The van der Waals surface area contributed by atoms with Gasteiger partial charge >= 0.3 is 0 Å². The average Bonchev–Trinajstić information content (AvgIpc) is 2.39. The summed E-state index contributed by atoms with van der Waals surface area (Å²) in [7, 11) is 1.63. The van der Waals surface area contributed by atoms with Crippen molar-refractivity contribution in [3.63, 3.8) is 0 Å². The highest BCUT2D eigenvalue weighted by Crippen LogP contribution is 2.13. The first kappa shape index (κ1) is 12.9. The van der Waals surface area contributed by atoms with Gasteiger partial charge in [0.15, 0.2) is 0 Å². The first-order valence-corrected chi connectivity index (χ1v) is 6.21. The molecule has 0 N–H and O–H groups in total. The predicted molar refractivity (Wildman–Crippen MR) is 68.7 cm³/mol. The molecule has 98 valence electrons. The second-order valence-electron chi connectivity index (χ2n) is 4.55. The van der Waals surface area contributed by atoms with Gasteiger partial charge in [-0.15, -0.1) is 0 Å². The first-order valence-electron chi connectivity index (χ1n) is 6.21. The molecule has 1 aliphatic heterocycles. The fraction of sp³-hybridized carbons (Fsp3) is 0.500. The van der Waals surface area contributed by atoms with Crippen molar-refractivity contribution in [3.05, 3.63) is 29.8 Å². The van der Waals surface area contributed by atoms with Crippen molar-refractivity contribution in [2.45, 2.75) is 19.4 Å². The van der Waals surface area contributed by atoms with Gasteiger partial charge in [0.05, 0.1) is 26.2 Å². The van der Waals surface area contributed by atoms with E-state index in [1.54, 1.807) is 7.11 Å². The molecule has 1 aromatic carbocycles. The van der Waals surface area contributed by atoms with E-state index in [1.165, 1.54) is 0 Å². The van der Waals surface area contributed by atoms with Crippen molar-refractivity contribution < 1.29 is 14.3 Å². The highest BCUT2D eigenvalue weighted by atomic mass is 16.5. The molecule has 1 heterocycles. The van der Waals surface area contributed by atoms with Gasteiger partial charge in [0, 0.05) is 13.1 Å². The summed E-state index contributed by atoms with van der Waals surface area (Å²) in [5.74, 6) is 0.974. The summed E-state index contributed by atoms with van der Waals surface area (Å²) < 4.78 is 10.5. The van der Waals surface area contributed by atoms with Gasteiger partial charge in [-0.3, -0.25) is 4.79 Å². The molecule has 2 rings (SSSR count). The molecule has 1 fully saturated rings. The molecule has 1 aromatic rings. The Hall–Kier alpha value is -1.55. The van der Waals surface area contributed by atoms with Crippen LogP contribution in [0, 0.1) is 0 Å². The van der Waals surface area contributed by atoms with E-state index in [-0.39, 0.29) is 12.0 Å². The van der Waals surface area contributed by atoms with Crippen LogP contribution in [0.2, 0.25) is 0 Å². The van der Waals surface area contributed by atoms with Gasteiger partial charge in [0.25, 0.3) is 0 Å². The number of rotatable bonds is 3. The second kappa shape index (κ2) is 5.87. The summed E-state index contributed by atoms with van der Waals surface area (Å²) in [6.45, 7) is 4.01. The van der Waals surface area contributed by atoms with E-state index in [9.17, 15) is 4.79 Å². The van der Waals surface area contributed by atoms with Gasteiger partial charge in [0.1, 0.15) is 5.75 Å². The van der Waals surface area contributed by atoms with Crippen LogP contribution in [0.4, 0.5) is 0 Å². The SMILES string of the molecule is COc1ccc(CC(=O)N2CCO[C@@H](C)C2)cc1. The van der Waals surface area contributed by atoms with Crippen molar-refractivity contribution in [3.8, 4) is 5.75 Å². The third kappa shape index (κ3) is 3.23. The number of methoxy groups -OCH3 is 1. The lowest BCUT2D eigenvalue weighted by atomic mass is 10.1. The van der Waals surface area contributed by atoms with Gasteiger partial charge in [-0.2, -0.15) is 0 Å². The minimum atomic E-state index is 0.138. The van der Waals surface area contributed by atoms with Crippen LogP contribution >= 0.6 is 0 Å². The van der Waals surface area contributed by atoms with Crippen LogP contribution in [0.1, 0.15) is 12.5 Å². The van der Waals surface area contributed by atoms with Crippen molar-refractivity contribution >= 4 is 5.91 Å². The first-order chi connectivity index (χ1) is 8.69. The summed E-state index contributed by atoms with van der Waals surface area (Å²) >= 11 is 0. The molecule has 0 spiro atoms. The number of amides is 1. The monoisotopic (exact) mass is 249 g/mol. The largest absolute Gasteiger partial charge is 0.497 e. The Kier molecular flexibility index (Phi) is 4.20. The van der Waals surface area contributed by atoms with Crippen molar-refractivity contribution in [1.82, 2.24) is 4.90 Å². The maximum absolute atomic E-state index is 12.1. The van der Waals surface area contributed by atoms with Crippen molar-refractivity contribution in [2.75, 3.05) is 26.8 Å². The van der Waals surface area contributed by atoms with Gasteiger partial charge < -0.3 is 14.4 Å². The summed E-state index contributed by atoms with van der Waals surface area (Å²) in [6, 6.07) is 7.62. The van der Waals surface area contributed by atoms with E-state index in [0.717, 1.165) is 11.3 Å². The lowest BCUT2D eigenvalue weighted by Gasteiger charge is -2.31. The quantitative estimate of drug-likeness (QED) is 0.814. The third-order valence-electron chi connectivity index (χ3n) is 3.11. The van der Waals surface area contributed by atoms with Gasteiger partial charge in [0.2, 0.25) is 5.91 Å². The highest BCUT2D eigenvalue weighted by molar-refractivity contribution is 5.78. The molecule has 1 aliphatic rings. The number of benzene rings is 1. The van der Waals surface area contributed by atoms with Crippen LogP contribution in [0.25, 0.3) is 0 Å². The van der Waals surface area contributed by atoms with E-state index in [0.29, 0.717) is 26.1 Å². The van der Waals surface area contributed by atoms with Crippen molar-refractivity contribution in [2.24, 2.45) is 0 Å². The van der Waals surface area contributed by atoms with E-state index in [1.807, 2.05) is 36.1 Å². The molecule has 0 unspecified atom stereocenters. The number of nitrogens with zero attached hydrogens (tertiary/aromatic N) is 1. The summed E-state index contributed by atoms with van der Waals surface area (Å²) in [4.78, 5) is 14.0. The van der Waals surface area contributed by atoms with E-state index in [4.69, 9.17) is 9.47 Å². The summed E-state index contributed by atoms with van der Waals surface area (Å²) in [5.41, 5.74) is 1.01. The highest BCUT2D eigenvalue weighted by Gasteiger charge is 2.21. The fourth-order valence-corrected chi connectivity index (χ4v) is 2.07. The normalized spacial score (nSPS) is 19.7. The zero-order valence-electron chi connectivity index (χ0n) is 10.9. The third-order valence-corrected chi connectivity index (χ3v) is 3.11. The molecular formula is C14H19NO3. The number of ether oxygens (including phenoxy) is 2. The van der Waals surface area contributed by atoms with Crippen molar-refractivity contribution in [1.29, 1.82) is 0 Å². The number of carbonyl (C=O) groups is 1. The number of carbonyl (C=O) groups excluding carboxylic acids is 1. The molecule has 0 bridgehead atoms. The molecule has 4 nitrogen and oxygen atoms in total. The molecule has 0 radical (unpaired) electrons. The lowest BCUT2D eigenvalue weighted by Crippen LogP contribution is -2.45.